The summed E-state index contributed by atoms with van der Waals surface area (Å²) in [6.07, 6.45) is 8.21. The van der Waals surface area contributed by atoms with Gasteiger partial charge < -0.3 is 10.1 Å². The zero-order chi connectivity index (χ0) is 14.4. The molecular weight excluding hydrogens is 248 g/mol. The van der Waals surface area contributed by atoms with Crippen LogP contribution in [0.4, 0.5) is 0 Å². The number of piperazine rings is 1. The van der Waals surface area contributed by atoms with Crippen LogP contribution < -0.4 is 5.32 Å². The summed E-state index contributed by atoms with van der Waals surface area (Å²) in [7, 11) is 0. The van der Waals surface area contributed by atoms with E-state index >= 15 is 0 Å². The molecule has 2 rings (SSSR count). The molecule has 2 fully saturated rings. The number of hydrogen-bond acceptors (Lipinski definition) is 3. The van der Waals surface area contributed by atoms with Crippen LogP contribution in [-0.4, -0.2) is 49.3 Å². The molecule has 2 heterocycles. The molecule has 1 N–H and O–H groups in total. The van der Waals surface area contributed by atoms with Gasteiger partial charge in [0.2, 0.25) is 0 Å². The Bertz CT molecular complexity index is 264. The van der Waals surface area contributed by atoms with E-state index in [1.807, 2.05) is 0 Å². The van der Waals surface area contributed by atoms with Crippen molar-refractivity contribution in [1.82, 2.24) is 10.2 Å². The van der Waals surface area contributed by atoms with Gasteiger partial charge in [0, 0.05) is 38.3 Å². The van der Waals surface area contributed by atoms with Crippen molar-refractivity contribution in [3.63, 3.8) is 0 Å². The van der Waals surface area contributed by atoms with Crippen LogP contribution in [0.5, 0.6) is 0 Å². The van der Waals surface area contributed by atoms with E-state index in [2.05, 4.69) is 31.0 Å². The van der Waals surface area contributed by atoms with Gasteiger partial charge in [-0.3, -0.25) is 4.90 Å². The van der Waals surface area contributed by atoms with Crippen molar-refractivity contribution < 1.29 is 4.74 Å². The summed E-state index contributed by atoms with van der Waals surface area (Å²) < 4.78 is 5.97. The van der Waals surface area contributed by atoms with Crippen molar-refractivity contribution in [2.45, 2.75) is 77.5 Å². The molecule has 3 nitrogen and oxygen atoms in total. The van der Waals surface area contributed by atoms with Gasteiger partial charge in [-0.2, -0.15) is 0 Å². The average Bonchev–Trinajstić information content (AvgIpc) is 2.49. The van der Waals surface area contributed by atoms with E-state index in [9.17, 15) is 0 Å². The first-order valence-electron chi connectivity index (χ1n) is 8.83. The SMILES string of the molecule is CCCC1CNC(C(C)CC)CN1CC1CCCCO1. The Hall–Kier alpha value is -0.120. The Balaban J connectivity index is 1.91. The normalized spacial score (nSPS) is 34.0. The Morgan fingerprint density at radius 3 is 2.80 bits per heavy atom. The fraction of sp³-hybridized carbons (Fsp3) is 1.00. The van der Waals surface area contributed by atoms with Crippen molar-refractivity contribution in [3.05, 3.63) is 0 Å². The predicted octanol–water partition coefficient (Wildman–Crippen LogP) is 3.04. The average molecular weight is 282 g/mol. The third-order valence-electron chi connectivity index (χ3n) is 5.23. The molecule has 0 aliphatic carbocycles. The number of hydrogen-bond donors (Lipinski definition) is 1. The smallest absolute Gasteiger partial charge is 0.0702 e. The second kappa shape index (κ2) is 8.35. The van der Waals surface area contributed by atoms with Crippen LogP contribution in [0.1, 0.15) is 59.3 Å². The molecule has 0 aromatic heterocycles. The van der Waals surface area contributed by atoms with Crippen molar-refractivity contribution in [1.29, 1.82) is 0 Å². The maximum absolute atomic E-state index is 5.97. The van der Waals surface area contributed by atoms with Crippen LogP contribution in [0, 0.1) is 5.92 Å². The molecule has 0 aromatic rings. The van der Waals surface area contributed by atoms with E-state index < -0.39 is 0 Å². The van der Waals surface area contributed by atoms with Crippen LogP contribution in [-0.2, 0) is 4.74 Å². The first-order chi connectivity index (χ1) is 9.74. The van der Waals surface area contributed by atoms with E-state index in [0.29, 0.717) is 18.2 Å². The Kier molecular flexibility index (Phi) is 6.79. The Morgan fingerprint density at radius 2 is 2.15 bits per heavy atom. The molecule has 0 amide bonds. The molecule has 0 bridgehead atoms. The van der Waals surface area contributed by atoms with Gasteiger partial charge >= 0.3 is 0 Å². The van der Waals surface area contributed by atoms with E-state index in [1.54, 1.807) is 0 Å². The van der Waals surface area contributed by atoms with Crippen molar-refractivity contribution in [2.24, 2.45) is 5.92 Å². The highest BCUT2D eigenvalue weighted by molar-refractivity contribution is 4.89. The third-order valence-corrected chi connectivity index (χ3v) is 5.23. The molecule has 118 valence electrons. The minimum absolute atomic E-state index is 0.485. The monoisotopic (exact) mass is 282 g/mol. The van der Waals surface area contributed by atoms with E-state index in [0.717, 1.165) is 25.6 Å². The molecule has 2 aliphatic rings. The van der Waals surface area contributed by atoms with Gasteiger partial charge in [0.25, 0.3) is 0 Å². The summed E-state index contributed by atoms with van der Waals surface area (Å²) >= 11 is 0. The minimum atomic E-state index is 0.485. The van der Waals surface area contributed by atoms with Gasteiger partial charge in [0.1, 0.15) is 0 Å². The van der Waals surface area contributed by atoms with E-state index in [-0.39, 0.29) is 0 Å². The molecule has 2 saturated heterocycles. The summed E-state index contributed by atoms with van der Waals surface area (Å²) in [5.41, 5.74) is 0. The van der Waals surface area contributed by atoms with Gasteiger partial charge in [-0.25, -0.2) is 0 Å². The van der Waals surface area contributed by atoms with Crippen LogP contribution in [0.2, 0.25) is 0 Å². The second-order valence-corrected chi connectivity index (χ2v) is 6.79. The summed E-state index contributed by atoms with van der Waals surface area (Å²) in [5.74, 6) is 0.771. The predicted molar refractivity (Wildman–Crippen MR) is 85.1 cm³/mol. The zero-order valence-corrected chi connectivity index (χ0v) is 13.7. The molecule has 2 aliphatic heterocycles. The number of ether oxygens (including phenoxy) is 1. The van der Waals surface area contributed by atoms with E-state index in [1.165, 1.54) is 45.1 Å². The molecule has 3 heteroatoms. The fourth-order valence-electron chi connectivity index (χ4n) is 3.60. The molecule has 20 heavy (non-hydrogen) atoms. The largest absolute Gasteiger partial charge is 0.377 e. The lowest BCUT2D eigenvalue weighted by Crippen LogP contribution is -2.59. The van der Waals surface area contributed by atoms with Crippen LogP contribution in [0.3, 0.4) is 0 Å². The highest BCUT2D eigenvalue weighted by Gasteiger charge is 2.31. The van der Waals surface area contributed by atoms with Crippen LogP contribution in [0.15, 0.2) is 0 Å². The quantitative estimate of drug-likeness (QED) is 0.810. The number of rotatable bonds is 6. The Morgan fingerprint density at radius 1 is 1.30 bits per heavy atom. The first-order valence-corrected chi connectivity index (χ1v) is 8.83. The highest BCUT2D eigenvalue weighted by Crippen LogP contribution is 2.21. The fourth-order valence-corrected chi connectivity index (χ4v) is 3.60. The Labute approximate surface area is 125 Å². The summed E-state index contributed by atoms with van der Waals surface area (Å²) in [6.45, 7) is 11.5. The molecule has 0 aromatic carbocycles. The highest BCUT2D eigenvalue weighted by atomic mass is 16.5. The standard InChI is InChI=1S/C17H34N2O/c1-4-8-15-11-18-17(14(3)5-2)13-19(15)12-16-9-6-7-10-20-16/h14-18H,4-13H2,1-3H3. The van der Waals surface area contributed by atoms with Crippen LogP contribution in [0.25, 0.3) is 0 Å². The lowest BCUT2D eigenvalue weighted by molar-refractivity contribution is -0.0247. The topological polar surface area (TPSA) is 24.5 Å². The third kappa shape index (κ3) is 4.44. The maximum atomic E-state index is 5.97. The van der Waals surface area contributed by atoms with Crippen molar-refractivity contribution in [3.8, 4) is 0 Å². The minimum Gasteiger partial charge on any atom is -0.377 e. The number of nitrogens with zero attached hydrogens (tertiary/aromatic N) is 1. The lowest BCUT2D eigenvalue weighted by Gasteiger charge is -2.44. The second-order valence-electron chi connectivity index (χ2n) is 6.79. The van der Waals surface area contributed by atoms with Gasteiger partial charge in [-0.05, 0) is 31.6 Å². The number of nitrogens with one attached hydrogen (secondary N) is 1. The summed E-state index contributed by atoms with van der Waals surface area (Å²) in [4.78, 5) is 2.73. The molecule has 4 unspecified atom stereocenters. The van der Waals surface area contributed by atoms with E-state index in [4.69, 9.17) is 4.74 Å². The summed E-state index contributed by atoms with van der Waals surface area (Å²) in [5, 5.41) is 3.79. The molecule has 4 atom stereocenters. The van der Waals surface area contributed by atoms with Gasteiger partial charge in [0.15, 0.2) is 0 Å². The van der Waals surface area contributed by atoms with Gasteiger partial charge in [0.05, 0.1) is 6.10 Å². The van der Waals surface area contributed by atoms with Crippen molar-refractivity contribution in [2.75, 3.05) is 26.2 Å². The molecule has 0 saturated carbocycles. The van der Waals surface area contributed by atoms with Gasteiger partial charge in [-0.15, -0.1) is 0 Å². The summed E-state index contributed by atoms with van der Waals surface area (Å²) in [6, 6.07) is 1.38. The van der Waals surface area contributed by atoms with Gasteiger partial charge in [-0.1, -0.05) is 33.6 Å². The van der Waals surface area contributed by atoms with Crippen molar-refractivity contribution >= 4 is 0 Å². The molecular formula is C17H34N2O. The molecule has 0 spiro atoms. The van der Waals surface area contributed by atoms with Crippen LogP contribution >= 0.6 is 0 Å². The first kappa shape index (κ1) is 16.3. The zero-order valence-electron chi connectivity index (χ0n) is 13.7. The maximum Gasteiger partial charge on any atom is 0.0702 e. The lowest BCUT2D eigenvalue weighted by atomic mass is 9.94. The molecule has 0 radical (unpaired) electrons.